The lowest BCUT2D eigenvalue weighted by atomic mass is 9.93. The van der Waals surface area contributed by atoms with Crippen LogP contribution >= 0.6 is 0 Å². The number of carbonyl (C=O) groups excluding carboxylic acids is 1. The number of carboxylic acid groups (broad SMARTS) is 1. The number of carboxylic acids is 1. The fraction of sp³-hybridized carbons (Fsp3) is 0.643. The van der Waals surface area contributed by atoms with Crippen LogP contribution in [0.1, 0.15) is 41.9 Å². The van der Waals surface area contributed by atoms with Gasteiger partial charge in [0.25, 0.3) is 5.91 Å². The van der Waals surface area contributed by atoms with Crippen LogP contribution in [-0.2, 0) is 16.1 Å². The quantitative estimate of drug-likeness (QED) is 0.856. The van der Waals surface area contributed by atoms with E-state index in [1.54, 1.807) is 18.1 Å². The number of carbonyl (C=O) groups is 2. The Morgan fingerprint density at radius 1 is 1.57 bits per heavy atom. The highest BCUT2D eigenvalue weighted by atomic mass is 16.5. The highest BCUT2D eigenvalue weighted by Gasteiger charge is 2.26. The van der Waals surface area contributed by atoms with Crippen LogP contribution in [0.15, 0.2) is 10.6 Å². The molecule has 116 valence electrons. The summed E-state index contributed by atoms with van der Waals surface area (Å²) in [5, 5.41) is 12.5. The lowest BCUT2D eigenvalue weighted by molar-refractivity contribution is -0.137. The number of ether oxygens (including phenoxy) is 1. The van der Waals surface area contributed by atoms with Gasteiger partial charge in [0.1, 0.15) is 6.61 Å². The number of aromatic nitrogens is 1. The van der Waals surface area contributed by atoms with Gasteiger partial charge in [0.15, 0.2) is 11.5 Å². The van der Waals surface area contributed by atoms with Crippen molar-refractivity contribution in [3.05, 3.63) is 17.5 Å². The predicted molar refractivity (Wildman–Crippen MR) is 72.7 cm³/mol. The number of aliphatic carboxylic acids is 1. The summed E-state index contributed by atoms with van der Waals surface area (Å²) in [5.74, 6) is -0.204. The normalized spacial score (nSPS) is 18.7. The lowest BCUT2D eigenvalue weighted by Gasteiger charge is -2.32. The van der Waals surface area contributed by atoms with Gasteiger partial charge < -0.3 is 19.3 Å². The Hall–Kier alpha value is -1.89. The molecule has 1 saturated heterocycles. The third-order valence-electron chi connectivity index (χ3n) is 3.64. The smallest absolute Gasteiger partial charge is 0.303 e. The summed E-state index contributed by atoms with van der Waals surface area (Å²) >= 11 is 0. The molecule has 1 aliphatic heterocycles. The van der Waals surface area contributed by atoms with E-state index in [2.05, 4.69) is 5.16 Å². The van der Waals surface area contributed by atoms with E-state index >= 15 is 0 Å². The Balaban J connectivity index is 1.93. The Bertz CT molecular complexity index is 499. The maximum absolute atomic E-state index is 12.3. The van der Waals surface area contributed by atoms with Crippen molar-refractivity contribution in [3.63, 3.8) is 0 Å². The highest BCUT2D eigenvalue weighted by molar-refractivity contribution is 5.92. The van der Waals surface area contributed by atoms with Crippen molar-refractivity contribution < 1.29 is 24.0 Å². The molecule has 1 N–H and O–H groups in total. The van der Waals surface area contributed by atoms with Crippen LogP contribution < -0.4 is 0 Å². The van der Waals surface area contributed by atoms with E-state index in [0.717, 1.165) is 12.8 Å². The molecule has 0 unspecified atom stereocenters. The molecule has 0 saturated carbocycles. The van der Waals surface area contributed by atoms with Crippen molar-refractivity contribution in [1.29, 1.82) is 0 Å². The molecule has 0 aliphatic carbocycles. The first-order chi connectivity index (χ1) is 10.1. The Labute approximate surface area is 122 Å². The van der Waals surface area contributed by atoms with Gasteiger partial charge in [0, 0.05) is 32.7 Å². The Morgan fingerprint density at radius 2 is 2.38 bits per heavy atom. The first-order valence-electron chi connectivity index (χ1n) is 7.05. The van der Waals surface area contributed by atoms with E-state index in [1.807, 2.05) is 0 Å². The standard InChI is InChI=1S/C14H20N2O5/c1-20-9-11-7-12(15-21-11)14(19)16-6-2-3-10(8-16)4-5-13(17)18/h7,10H,2-6,8-9H2,1H3,(H,17,18)/t10-/m0/s1. The van der Waals surface area contributed by atoms with E-state index in [-0.39, 0.29) is 30.5 Å². The molecule has 1 atom stereocenters. The van der Waals surface area contributed by atoms with Crippen molar-refractivity contribution in [2.24, 2.45) is 5.92 Å². The van der Waals surface area contributed by atoms with Gasteiger partial charge in [-0.2, -0.15) is 0 Å². The fourth-order valence-corrected chi connectivity index (χ4v) is 2.60. The van der Waals surface area contributed by atoms with E-state index in [4.69, 9.17) is 14.4 Å². The van der Waals surface area contributed by atoms with Gasteiger partial charge in [-0.3, -0.25) is 9.59 Å². The molecule has 21 heavy (non-hydrogen) atoms. The van der Waals surface area contributed by atoms with Gasteiger partial charge in [0.2, 0.25) is 0 Å². The monoisotopic (exact) mass is 296 g/mol. The van der Waals surface area contributed by atoms with E-state index in [1.165, 1.54) is 0 Å². The number of hydrogen-bond donors (Lipinski definition) is 1. The van der Waals surface area contributed by atoms with Crippen molar-refractivity contribution in [2.45, 2.75) is 32.3 Å². The topological polar surface area (TPSA) is 92.9 Å². The summed E-state index contributed by atoms with van der Waals surface area (Å²) in [6.07, 6.45) is 2.60. The first-order valence-corrected chi connectivity index (χ1v) is 7.05. The highest BCUT2D eigenvalue weighted by Crippen LogP contribution is 2.22. The fourth-order valence-electron chi connectivity index (χ4n) is 2.60. The molecule has 0 spiro atoms. The molecular weight excluding hydrogens is 276 g/mol. The lowest BCUT2D eigenvalue weighted by Crippen LogP contribution is -2.40. The summed E-state index contributed by atoms with van der Waals surface area (Å²) in [4.78, 5) is 24.7. The molecule has 7 heteroatoms. The molecule has 1 aromatic rings. The molecule has 2 heterocycles. The molecule has 1 fully saturated rings. The average molecular weight is 296 g/mol. The van der Waals surface area contributed by atoms with Crippen molar-refractivity contribution in [3.8, 4) is 0 Å². The number of nitrogens with zero attached hydrogens (tertiary/aromatic N) is 2. The molecule has 1 amide bonds. The minimum Gasteiger partial charge on any atom is -0.481 e. The minimum absolute atomic E-state index is 0.147. The Morgan fingerprint density at radius 3 is 3.10 bits per heavy atom. The van der Waals surface area contributed by atoms with Gasteiger partial charge in [-0.05, 0) is 25.2 Å². The number of hydrogen-bond acceptors (Lipinski definition) is 5. The number of methoxy groups -OCH3 is 1. The van der Waals surface area contributed by atoms with Crippen LogP contribution in [-0.4, -0.2) is 47.2 Å². The van der Waals surface area contributed by atoms with Crippen LogP contribution in [0.3, 0.4) is 0 Å². The molecule has 2 rings (SSSR count). The molecular formula is C14H20N2O5. The summed E-state index contributed by atoms with van der Waals surface area (Å²) in [5.41, 5.74) is 0.279. The summed E-state index contributed by atoms with van der Waals surface area (Å²) in [6, 6.07) is 1.59. The van der Waals surface area contributed by atoms with Crippen LogP contribution in [0.2, 0.25) is 0 Å². The SMILES string of the molecule is COCc1cc(C(=O)N2CCC[C@@H](CCC(=O)O)C2)no1. The Kier molecular flexibility index (Phi) is 5.32. The molecule has 1 aliphatic rings. The van der Waals surface area contributed by atoms with Gasteiger partial charge in [-0.25, -0.2) is 0 Å². The molecule has 0 radical (unpaired) electrons. The van der Waals surface area contributed by atoms with Gasteiger partial charge >= 0.3 is 5.97 Å². The van der Waals surface area contributed by atoms with Gasteiger partial charge in [-0.1, -0.05) is 5.16 Å². The molecule has 0 bridgehead atoms. The zero-order chi connectivity index (χ0) is 15.2. The predicted octanol–water partition coefficient (Wildman–Crippen LogP) is 1.54. The summed E-state index contributed by atoms with van der Waals surface area (Å²) in [6.45, 7) is 1.54. The molecule has 0 aromatic carbocycles. The summed E-state index contributed by atoms with van der Waals surface area (Å²) in [7, 11) is 1.54. The van der Waals surface area contributed by atoms with Crippen LogP contribution in [0.25, 0.3) is 0 Å². The van der Waals surface area contributed by atoms with E-state index in [0.29, 0.717) is 25.3 Å². The van der Waals surface area contributed by atoms with Crippen molar-refractivity contribution in [2.75, 3.05) is 20.2 Å². The maximum atomic E-state index is 12.3. The second-order valence-electron chi connectivity index (χ2n) is 5.30. The summed E-state index contributed by atoms with van der Waals surface area (Å²) < 4.78 is 9.95. The first kappa shape index (κ1) is 15.5. The van der Waals surface area contributed by atoms with Crippen molar-refractivity contribution >= 4 is 11.9 Å². The minimum atomic E-state index is -0.792. The molecule has 1 aromatic heterocycles. The van der Waals surface area contributed by atoms with Crippen LogP contribution in [0.5, 0.6) is 0 Å². The third kappa shape index (κ3) is 4.29. The number of likely N-dealkylation sites (tertiary alicyclic amines) is 1. The second kappa shape index (κ2) is 7.21. The van der Waals surface area contributed by atoms with Crippen molar-refractivity contribution in [1.82, 2.24) is 10.1 Å². The number of rotatable bonds is 6. The number of piperidine rings is 1. The zero-order valence-electron chi connectivity index (χ0n) is 12.1. The van der Waals surface area contributed by atoms with E-state index < -0.39 is 5.97 Å². The van der Waals surface area contributed by atoms with E-state index in [9.17, 15) is 9.59 Å². The second-order valence-corrected chi connectivity index (χ2v) is 5.30. The van der Waals surface area contributed by atoms with Crippen LogP contribution in [0.4, 0.5) is 0 Å². The average Bonchev–Trinajstić information content (AvgIpc) is 2.94. The van der Waals surface area contributed by atoms with Gasteiger partial charge in [0.05, 0.1) is 0 Å². The third-order valence-corrected chi connectivity index (χ3v) is 3.64. The zero-order valence-corrected chi connectivity index (χ0v) is 12.1. The van der Waals surface area contributed by atoms with Gasteiger partial charge in [-0.15, -0.1) is 0 Å². The van der Waals surface area contributed by atoms with Crippen LogP contribution in [0, 0.1) is 5.92 Å². The largest absolute Gasteiger partial charge is 0.481 e. The molecule has 7 nitrogen and oxygen atoms in total. The number of amides is 1. The maximum Gasteiger partial charge on any atom is 0.303 e.